The third kappa shape index (κ3) is 6.23. The molecule has 0 unspecified atom stereocenters. The number of hydrogen-bond donors (Lipinski definition) is 1. The minimum atomic E-state index is -3.81. The predicted octanol–water partition coefficient (Wildman–Crippen LogP) is 3.47. The van der Waals surface area contributed by atoms with Crippen LogP contribution in [-0.2, 0) is 10.0 Å². The molecule has 1 saturated heterocycles. The van der Waals surface area contributed by atoms with Gasteiger partial charge in [0.05, 0.1) is 23.8 Å². The van der Waals surface area contributed by atoms with Crippen LogP contribution in [0.1, 0.15) is 72.8 Å². The van der Waals surface area contributed by atoms with Gasteiger partial charge in [0.2, 0.25) is 15.9 Å². The molecule has 0 bridgehead atoms. The number of hydrogen-bond acceptors (Lipinski definition) is 8. The number of sulfonamides is 1. The van der Waals surface area contributed by atoms with Gasteiger partial charge >= 0.3 is 0 Å². The number of carbonyl (C=O) groups excluding carboxylic acids is 2. The molecule has 1 aromatic carbocycles. The molecule has 3 aromatic rings. The number of benzene rings is 1. The van der Waals surface area contributed by atoms with E-state index in [0.717, 1.165) is 43.9 Å². The summed E-state index contributed by atoms with van der Waals surface area (Å²) >= 11 is 0. The van der Waals surface area contributed by atoms with Crippen molar-refractivity contribution in [3.63, 3.8) is 0 Å². The van der Waals surface area contributed by atoms with Crippen molar-refractivity contribution in [1.82, 2.24) is 29.3 Å². The van der Waals surface area contributed by atoms with Crippen LogP contribution in [0, 0.1) is 0 Å². The smallest absolute Gasteiger partial charge is 0.283 e. The summed E-state index contributed by atoms with van der Waals surface area (Å²) in [5.41, 5.74) is 2.36. The van der Waals surface area contributed by atoms with Crippen LogP contribution < -0.4 is 9.46 Å². The van der Waals surface area contributed by atoms with Gasteiger partial charge in [-0.25, -0.2) is 22.8 Å². The number of nitrogens with one attached hydrogen (secondary N) is 1. The van der Waals surface area contributed by atoms with Crippen molar-refractivity contribution in [1.29, 1.82) is 0 Å². The quantitative estimate of drug-likeness (QED) is 0.428. The molecule has 1 saturated carbocycles. The van der Waals surface area contributed by atoms with E-state index in [4.69, 9.17) is 9.84 Å². The Labute approximate surface area is 240 Å². The van der Waals surface area contributed by atoms with Crippen molar-refractivity contribution in [2.45, 2.75) is 64.1 Å². The van der Waals surface area contributed by atoms with E-state index in [9.17, 15) is 18.0 Å². The number of nitrogens with zero attached hydrogens (tertiary/aromatic N) is 5. The first-order valence-electron chi connectivity index (χ1n) is 14.1. The van der Waals surface area contributed by atoms with Gasteiger partial charge in [-0.05, 0) is 64.5 Å². The largest absolute Gasteiger partial charge is 0.473 e. The first-order valence-corrected chi connectivity index (χ1v) is 16.0. The summed E-state index contributed by atoms with van der Waals surface area (Å²) in [7, 11) is 0.212. The molecule has 2 aliphatic rings. The molecular weight excluding hydrogens is 544 g/mol. The summed E-state index contributed by atoms with van der Waals surface area (Å²) in [6.45, 7) is 5.22. The third-order valence-corrected chi connectivity index (χ3v) is 8.29. The molecule has 2 aromatic heterocycles. The summed E-state index contributed by atoms with van der Waals surface area (Å²) in [5.74, 6) is -0.441. The minimum Gasteiger partial charge on any atom is -0.473 e. The summed E-state index contributed by atoms with van der Waals surface area (Å²) < 4.78 is 33.8. The molecule has 220 valence electrons. The first kappa shape index (κ1) is 29.0. The van der Waals surface area contributed by atoms with Gasteiger partial charge in [-0.1, -0.05) is 31.4 Å². The lowest BCUT2D eigenvalue weighted by molar-refractivity contribution is 0.0399. The molecule has 0 atom stereocenters. The van der Waals surface area contributed by atoms with Gasteiger partial charge in [0, 0.05) is 30.3 Å². The van der Waals surface area contributed by atoms with Crippen LogP contribution in [0.15, 0.2) is 30.3 Å². The van der Waals surface area contributed by atoms with Crippen LogP contribution in [0.5, 0.6) is 5.88 Å². The van der Waals surface area contributed by atoms with Gasteiger partial charge in [0.1, 0.15) is 5.69 Å². The highest BCUT2D eigenvalue weighted by Crippen LogP contribution is 2.39. The van der Waals surface area contributed by atoms with Gasteiger partial charge in [0.25, 0.3) is 11.8 Å². The number of likely N-dealkylation sites (N-methyl/N-ethyl adjacent to an activating group) is 1. The van der Waals surface area contributed by atoms with Gasteiger partial charge in [-0.15, -0.1) is 5.10 Å². The topological polar surface area (TPSA) is 127 Å². The van der Waals surface area contributed by atoms with Gasteiger partial charge in [0.15, 0.2) is 5.65 Å². The molecule has 3 heterocycles. The van der Waals surface area contributed by atoms with Crippen molar-refractivity contribution in [3.8, 4) is 17.0 Å². The molecule has 2 amide bonds. The normalized spacial score (nSPS) is 16.8. The monoisotopic (exact) mass is 582 g/mol. The predicted molar refractivity (Wildman–Crippen MR) is 157 cm³/mol. The summed E-state index contributed by atoms with van der Waals surface area (Å²) in [6.07, 6.45) is 5.92. The summed E-state index contributed by atoms with van der Waals surface area (Å²) in [6, 6.07) is 9.24. The lowest BCUT2D eigenvalue weighted by Crippen LogP contribution is -2.59. The fraction of sp³-hybridized carbons (Fsp3) is 0.517. The van der Waals surface area contributed by atoms with Crippen molar-refractivity contribution >= 4 is 32.9 Å². The zero-order chi connectivity index (χ0) is 29.5. The number of rotatable bonds is 8. The maximum atomic E-state index is 13.0. The number of fused-ring (bicyclic) bond motifs is 1. The second kappa shape index (κ2) is 11.4. The second-order valence-corrected chi connectivity index (χ2v) is 13.3. The number of pyridine rings is 1. The molecule has 1 aliphatic carbocycles. The molecule has 1 aliphatic heterocycles. The Kier molecular flexibility index (Phi) is 8.06. The van der Waals surface area contributed by atoms with Crippen LogP contribution in [0.25, 0.3) is 22.2 Å². The van der Waals surface area contributed by atoms with E-state index in [1.54, 1.807) is 18.2 Å². The van der Waals surface area contributed by atoms with Crippen molar-refractivity contribution in [3.05, 3.63) is 41.6 Å². The Morgan fingerprint density at radius 2 is 1.73 bits per heavy atom. The summed E-state index contributed by atoms with van der Waals surface area (Å²) in [4.78, 5) is 34.6. The van der Waals surface area contributed by atoms with E-state index in [1.165, 1.54) is 0 Å². The fourth-order valence-electron chi connectivity index (χ4n) is 5.48. The van der Waals surface area contributed by atoms with E-state index in [2.05, 4.69) is 9.88 Å². The Balaban J connectivity index is 1.60. The Bertz CT molecular complexity index is 1550. The molecule has 0 spiro atoms. The average Bonchev–Trinajstić information content (AvgIpc) is 3.24. The molecule has 12 heteroatoms. The third-order valence-electron chi connectivity index (χ3n) is 7.73. The van der Waals surface area contributed by atoms with Crippen LogP contribution in [0.2, 0.25) is 0 Å². The highest BCUT2D eigenvalue weighted by Gasteiger charge is 2.32. The molecule has 41 heavy (non-hydrogen) atoms. The number of carbonyl (C=O) groups is 2. The molecule has 1 N–H and O–H groups in total. The van der Waals surface area contributed by atoms with Crippen molar-refractivity contribution in [2.75, 3.05) is 33.4 Å². The summed E-state index contributed by atoms with van der Waals surface area (Å²) in [5, 5.41) is 5.49. The Morgan fingerprint density at radius 3 is 2.32 bits per heavy atom. The van der Waals surface area contributed by atoms with Crippen LogP contribution in [0.3, 0.4) is 0 Å². The molecular formula is C29H38N6O5S. The maximum Gasteiger partial charge on any atom is 0.283 e. The molecule has 0 radical (unpaired) electrons. The number of aromatic nitrogens is 3. The zero-order valence-electron chi connectivity index (χ0n) is 24.3. The standard InChI is InChI=1S/C29H38N6O5S/c1-18(2)40-28-25-23(19-11-13-20(14-12-19)29(37)34-16-22(17-34)33(3)4)15-24(27(36)32-41(5,38)39)30-26(25)35(31-28)21-9-7-6-8-10-21/h11-15,18,21-22H,6-10,16-17H2,1-5H3,(H,32,36). The highest BCUT2D eigenvalue weighted by atomic mass is 32.2. The van der Waals surface area contributed by atoms with Crippen LogP contribution in [-0.4, -0.2) is 90.4 Å². The first-order chi connectivity index (χ1) is 19.4. The van der Waals surface area contributed by atoms with E-state index in [0.29, 0.717) is 47.2 Å². The second-order valence-electron chi connectivity index (χ2n) is 11.6. The van der Waals surface area contributed by atoms with Crippen LogP contribution >= 0.6 is 0 Å². The van der Waals surface area contributed by atoms with Gasteiger partial charge < -0.3 is 14.5 Å². The van der Waals surface area contributed by atoms with Crippen molar-refractivity contribution in [2.24, 2.45) is 0 Å². The van der Waals surface area contributed by atoms with E-state index >= 15 is 0 Å². The van der Waals surface area contributed by atoms with Crippen molar-refractivity contribution < 1.29 is 22.7 Å². The molecule has 2 fully saturated rings. The lowest BCUT2D eigenvalue weighted by atomic mass is 9.95. The fourth-order valence-corrected chi connectivity index (χ4v) is 5.92. The average molecular weight is 583 g/mol. The van der Waals surface area contributed by atoms with Crippen LogP contribution in [0.4, 0.5) is 0 Å². The highest BCUT2D eigenvalue weighted by molar-refractivity contribution is 7.89. The Hall–Kier alpha value is -3.51. The van der Waals surface area contributed by atoms with Gasteiger partial charge in [-0.2, -0.15) is 0 Å². The number of likely N-dealkylation sites (tertiary alicyclic amines) is 1. The zero-order valence-corrected chi connectivity index (χ0v) is 25.1. The number of ether oxygens (including phenoxy) is 1. The van der Waals surface area contributed by atoms with E-state index in [1.807, 2.05) is 54.4 Å². The molecule has 5 rings (SSSR count). The van der Waals surface area contributed by atoms with E-state index in [-0.39, 0.29) is 23.7 Å². The van der Waals surface area contributed by atoms with Gasteiger partial charge in [-0.3, -0.25) is 9.59 Å². The minimum absolute atomic E-state index is 0.0308. The maximum absolute atomic E-state index is 13.0. The van der Waals surface area contributed by atoms with E-state index < -0.39 is 15.9 Å². The SMILES string of the molecule is CC(C)Oc1nn(C2CCCCC2)c2nc(C(=O)NS(C)(=O)=O)cc(-c3ccc(C(=O)N4CC(N(C)C)C4)cc3)c12. The Morgan fingerprint density at radius 1 is 1.07 bits per heavy atom. The number of amides is 2. The molecule has 11 nitrogen and oxygen atoms in total. The lowest BCUT2D eigenvalue weighted by Gasteiger charge is -2.42.